The number of hydrogen-bond donors (Lipinski definition) is 1. The lowest BCUT2D eigenvalue weighted by Gasteiger charge is -2.11. The Balaban J connectivity index is 2.52. The Morgan fingerprint density at radius 1 is 1.00 bits per heavy atom. The van der Waals surface area contributed by atoms with Gasteiger partial charge in [-0.15, -0.1) is 0 Å². The number of benzene rings is 1. The van der Waals surface area contributed by atoms with Crippen LogP contribution in [0.25, 0.3) is 0 Å². The first-order valence-electron chi connectivity index (χ1n) is 3.90. The summed E-state index contributed by atoms with van der Waals surface area (Å²) in [6, 6.07) is 3.20. The molecule has 1 fully saturated rings. The molecular formula is C9H7Cl3O. The highest BCUT2D eigenvalue weighted by atomic mass is 35.5. The van der Waals surface area contributed by atoms with Gasteiger partial charge in [0.15, 0.2) is 0 Å². The lowest BCUT2D eigenvalue weighted by Crippen LogP contribution is -2.04. The van der Waals surface area contributed by atoms with Gasteiger partial charge in [0, 0.05) is 10.6 Å². The monoisotopic (exact) mass is 236 g/mol. The van der Waals surface area contributed by atoms with E-state index < -0.39 is 5.60 Å². The average Bonchev–Trinajstić information content (AvgIpc) is 2.77. The molecular weight excluding hydrogens is 230 g/mol. The van der Waals surface area contributed by atoms with Gasteiger partial charge in [0.1, 0.15) is 0 Å². The van der Waals surface area contributed by atoms with Crippen LogP contribution in [-0.4, -0.2) is 5.11 Å². The van der Waals surface area contributed by atoms with Crippen molar-refractivity contribution in [2.75, 3.05) is 0 Å². The van der Waals surface area contributed by atoms with Gasteiger partial charge in [-0.2, -0.15) is 0 Å². The molecule has 1 N–H and O–H groups in total. The first-order chi connectivity index (χ1) is 6.03. The molecule has 1 aliphatic rings. The molecule has 0 saturated heterocycles. The minimum Gasteiger partial charge on any atom is -0.385 e. The third kappa shape index (κ3) is 1.66. The van der Waals surface area contributed by atoms with E-state index in [-0.39, 0.29) is 0 Å². The van der Waals surface area contributed by atoms with Gasteiger partial charge >= 0.3 is 0 Å². The van der Waals surface area contributed by atoms with E-state index >= 15 is 0 Å². The number of aliphatic hydroxyl groups is 1. The van der Waals surface area contributed by atoms with Crippen LogP contribution in [-0.2, 0) is 5.60 Å². The zero-order chi connectivity index (χ0) is 9.64. The molecule has 0 heterocycles. The molecule has 1 aliphatic carbocycles. The molecule has 0 amide bonds. The summed E-state index contributed by atoms with van der Waals surface area (Å²) < 4.78 is 0. The van der Waals surface area contributed by atoms with E-state index in [1.807, 2.05) is 0 Å². The summed E-state index contributed by atoms with van der Waals surface area (Å²) in [5, 5.41) is 11.1. The van der Waals surface area contributed by atoms with Crippen molar-refractivity contribution in [3.8, 4) is 0 Å². The average molecular weight is 238 g/mol. The van der Waals surface area contributed by atoms with Gasteiger partial charge in [0.25, 0.3) is 0 Å². The van der Waals surface area contributed by atoms with E-state index in [9.17, 15) is 5.11 Å². The van der Waals surface area contributed by atoms with Crippen LogP contribution in [0.1, 0.15) is 18.4 Å². The molecule has 13 heavy (non-hydrogen) atoms. The van der Waals surface area contributed by atoms with E-state index in [4.69, 9.17) is 34.8 Å². The van der Waals surface area contributed by atoms with Gasteiger partial charge < -0.3 is 5.11 Å². The summed E-state index contributed by atoms with van der Waals surface area (Å²) >= 11 is 17.5. The molecule has 1 nitrogen and oxygen atoms in total. The highest BCUT2D eigenvalue weighted by Crippen LogP contribution is 2.49. The SMILES string of the molecule is OC1(c2cc(Cl)c(Cl)cc2Cl)CC1. The summed E-state index contributed by atoms with van der Waals surface area (Å²) in [4.78, 5) is 0. The second-order valence-corrected chi connectivity index (χ2v) is 4.50. The molecule has 0 atom stereocenters. The van der Waals surface area contributed by atoms with E-state index in [0.29, 0.717) is 20.6 Å². The first-order valence-corrected chi connectivity index (χ1v) is 5.04. The quantitative estimate of drug-likeness (QED) is 0.740. The molecule has 0 bridgehead atoms. The van der Waals surface area contributed by atoms with E-state index in [1.165, 1.54) is 0 Å². The molecule has 1 saturated carbocycles. The summed E-state index contributed by atoms with van der Waals surface area (Å²) in [6.07, 6.45) is 1.48. The molecule has 1 aromatic carbocycles. The van der Waals surface area contributed by atoms with Gasteiger partial charge in [0.05, 0.1) is 15.6 Å². The molecule has 4 heteroatoms. The van der Waals surface area contributed by atoms with Crippen LogP contribution in [0.2, 0.25) is 15.1 Å². The Hall–Kier alpha value is 0.0500. The van der Waals surface area contributed by atoms with Crippen LogP contribution in [0.4, 0.5) is 0 Å². The van der Waals surface area contributed by atoms with Gasteiger partial charge in [-0.05, 0) is 25.0 Å². The van der Waals surface area contributed by atoms with Crippen molar-refractivity contribution >= 4 is 34.8 Å². The van der Waals surface area contributed by atoms with Crippen LogP contribution >= 0.6 is 34.8 Å². The van der Waals surface area contributed by atoms with Gasteiger partial charge in [-0.1, -0.05) is 34.8 Å². The van der Waals surface area contributed by atoms with Gasteiger partial charge in [-0.3, -0.25) is 0 Å². The molecule has 2 rings (SSSR count). The Bertz CT molecular complexity index is 358. The molecule has 0 unspecified atom stereocenters. The van der Waals surface area contributed by atoms with E-state index in [1.54, 1.807) is 12.1 Å². The zero-order valence-electron chi connectivity index (χ0n) is 6.65. The second kappa shape index (κ2) is 3.03. The Morgan fingerprint density at radius 3 is 2.08 bits per heavy atom. The standard InChI is InChI=1S/C9H7Cl3O/c10-6-4-8(12)7(11)3-5(6)9(13)1-2-9/h3-4,13H,1-2H2. The van der Waals surface area contributed by atoms with E-state index in [0.717, 1.165) is 12.8 Å². The maximum Gasteiger partial charge on any atom is 0.0913 e. The first kappa shape index (κ1) is 9.60. The fourth-order valence-corrected chi connectivity index (χ4v) is 1.99. The minimum atomic E-state index is -0.759. The Labute approximate surface area is 91.2 Å². The summed E-state index contributed by atoms with van der Waals surface area (Å²) in [7, 11) is 0. The summed E-state index contributed by atoms with van der Waals surface area (Å²) in [5.74, 6) is 0. The molecule has 0 spiro atoms. The lowest BCUT2D eigenvalue weighted by atomic mass is 10.1. The summed E-state index contributed by atoms with van der Waals surface area (Å²) in [5.41, 5.74) is -0.0748. The van der Waals surface area contributed by atoms with Crippen molar-refractivity contribution in [1.82, 2.24) is 0 Å². The third-order valence-corrected chi connectivity index (χ3v) is 3.27. The van der Waals surface area contributed by atoms with Gasteiger partial charge in [-0.25, -0.2) is 0 Å². The van der Waals surface area contributed by atoms with Crippen LogP contribution in [0.15, 0.2) is 12.1 Å². The van der Waals surface area contributed by atoms with Crippen LogP contribution in [0.5, 0.6) is 0 Å². The zero-order valence-corrected chi connectivity index (χ0v) is 8.92. The maximum atomic E-state index is 9.81. The van der Waals surface area contributed by atoms with Crippen molar-refractivity contribution in [2.24, 2.45) is 0 Å². The topological polar surface area (TPSA) is 20.2 Å². The predicted octanol–water partition coefficient (Wildman–Crippen LogP) is 3.63. The highest BCUT2D eigenvalue weighted by Gasteiger charge is 2.43. The van der Waals surface area contributed by atoms with Crippen LogP contribution in [0.3, 0.4) is 0 Å². The summed E-state index contributed by atoms with van der Waals surface area (Å²) in [6.45, 7) is 0. The smallest absolute Gasteiger partial charge is 0.0913 e. The molecule has 0 aliphatic heterocycles. The Morgan fingerprint density at radius 2 is 1.54 bits per heavy atom. The van der Waals surface area contributed by atoms with Crippen LogP contribution in [0, 0.1) is 0 Å². The van der Waals surface area contributed by atoms with E-state index in [2.05, 4.69) is 0 Å². The predicted molar refractivity (Wildman–Crippen MR) is 54.6 cm³/mol. The van der Waals surface area contributed by atoms with Crippen molar-refractivity contribution in [1.29, 1.82) is 0 Å². The Kier molecular flexibility index (Phi) is 2.23. The maximum absolute atomic E-state index is 9.81. The molecule has 70 valence electrons. The fourth-order valence-electron chi connectivity index (χ4n) is 1.27. The molecule has 1 aromatic rings. The molecule has 0 aromatic heterocycles. The number of rotatable bonds is 1. The number of hydrogen-bond acceptors (Lipinski definition) is 1. The highest BCUT2D eigenvalue weighted by molar-refractivity contribution is 6.43. The van der Waals surface area contributed by atoms with Crippen LogP contribution < -0.4 is 0 Å². The van der Waals surface area contributed by atoms with Crippen molar-refractivity contribution in [3.05, 3.63) is 32.8 Å². The lowest BCUT2D eigenvalue weighted by molar-refractivity contribution is 0.151. The normalized spacial score (nSPS) is 18.8. The van der Waals surface area contributed by atoms with Crippen molar-refractivity contribution in [2.45, 2.75) is 18.4 Å². The van der Waals surface area contributed by atoms with Crippen molar-refractivity contribution < 1.29 is 5.11 Å². The largest absolute Gasteiger partial charge is 0.385 e. The molecule has 0 radical (unpaired) electrons. The fraction of sp³-hybridized carbons (Fsp3) is 0.333. The second-order valence-electron chi connectivity index (χ2n) is 3.28. The minimum absolute atomic E-state index is 0.416. The third-order valence-electron chi connectivity index (χ3n) is 2.23. The van der Waals surface area contributed by atoms with Crippen molar-refractivity contribution in [3.63, 3.8) is 0 Å². The van der Waals surface area contributed by atoms with Gasteiger partial charge in [0.2, 0.25) is 0 Å². The number of halogens is 3.